The zero-order valence-electron chi connectivity index (χ0n) is 12.0. The quantitative estimate of drug-likeness (QED) is 0.825. The lowest BCUT2D eigenvalue weighted by molar-refractivity contribution is 0.326. The van der Waals surface area contributed by atoms with Gasteiger partial charge in [-0.2, -0.15) is 0 Å². The van der Waals surface area contributed by atoms with E-state index < -0.39 is 10.0 Å². The van der Waals surface area contributed by atoms with Crippen molar-refractivity contribution in [2.75, 3.05) is 24.6 Å². The molecule has 1 aromatic rings. The van der Waals surface area contributed by atoms with Gasteiger partial charge in [-0.15, -0.1) is 0 Å². The Morgan fingerprint density at radius 2 is 2.10 bits per heavy atom. The van der Waals surface area contributed by atoms with Crippen molar-refractivity contribution in [2.24, 2.45) is 0 Å². The molecule has 1 saturated heterocycles. The molecule has 8 heteroatoms. The van der Waals surface area contributed by atoms with Crippen molar-refractivity contribution < 1.29 is 13.2 Å². The highest BCUT2D eigenvalue weighted by Gasteiger charge is 2.38. The SMILES string of the molecule is CCOc1nccnc1N1CC[C@H](NS(=O)(=O)C2CC2)C1. The first-order valence-corrected chi connectivity index (χ1v) is 8.84. The maximum absolute atomic E-state index is 12.0. The van der Waals surface area contributed by atoms with Gasteiger partial charge in [-0.25, -0.2) is 23.1 Å². The first-order chi connectivity index (χ1) is 10.1. The average Bonchev–Trinajstić information content (AvgIpc) is 3.22. The van der Waals surface area contributed by atoms with E-state index in [4.69, 9.17) is 4.74 Å². The minimum Gasteiger partial charge on any atom is -0.475 e. The number of rotatable bonds is 6. The van der Waals surface area contributed by atoms with Gasteiger partial charge < -0.3 is 9.64 Å². The molecule has 21 heavy (non-hydrogen) atoms. The highest BCUT2D eigenvalue weighted by Crippen LogP contribution is 2.30. The summed E-state index contributed by atoms with van der Waals surface area (Å²) in [7, 11) is -3.14. The van der Waals surface area contributed by atoms with Gasteiger partial charge >= 0.3 is 0 Å². The smallest absolute Gasteiger partial charge is 0.257 e. The van der Waals surface area contributed by atoms with Crippen LogP contribution in [0.1, 0.15) is 26.2 Å². The minimum absolute atomic E-state index is 0.0629. The molecule has 2 heterocycles. The molecule has 0 radical (unpaired) electrons. The minimum atomic E-state index is -3.14. The fraction of sp³-hybridized carbons (Fsp3) is 0.692. The van der Waals surface area contributed by atoms with Crippen molar-refractivity contribution in [3.8, 4) is 5.88 Å². The fourth-order valence-electron chi connectivity index (χ4n) is 2.53. The number of ether oxygens (including phenoxy) is 1. The van der Waals surface area contributed by atoms with Crippen LogP contribution < -0.4 is 14.4 Å². The number of hydrogen-bond donors (Lipinski definition) is 1. The number of sulfonamides is 1. The maximum atomic E-state index is 12.0. The van der Waals surface area contributed by atoms with Gasteiger partial charge in [0.05, 0.1) is 11.9 Å². The van der Waals surface area contributed by atoms with Gasteiger partial charge in [-0.1, -0.05) is 0 Å². The van der Waals surface area contributed by atoms with E-state index in [0.29, 0.717) is 24.8 Å². The zero-order valence-corrected chi connectivity index (χ0v) is 12.8. The second-order valence-electron chi connectivity index (χ2n) is 5.41. The van der Waals surface area contributed by atoms with Gasteiger partial charge in [-0.05, 0) is 26.2 Å². The van der Waals surface area contributed by atoms with E-state index >= 15 is 0 Å². The van der Waals surface area contributed by atoms with Crippen LogP contribution in [0.3, 0.4) is 0 Å². The van der Waals surface area contributed by atoms with Crippen molar-refractivity contribution in [2.45, 2.75) is 37.5 Å². The Bertz CT molecular complexity index is 603. The number of hydrogen-bond acceptors (Lipinski definition) is 6. The van der Waals surface area contributed by atoms with Gasteiger partial charge in [-0.3, -0.25) is 0 Å². The Balaban J connectivity index is 1.67. The Morgan fingerprint density at radius 1 is 1.33 bits per heavy atom. The molecule has 3 rings (SSSR count). The highest BCUT2D eigenvalue weighted by atomic mass is 32.2. The summed E-state index contributed by atoms with van der Waals surface area (Å²) in [6.07, 6.45) is 5.56. The average molecular weight is 312 g/mol. The summed E-state index contributed by atoms with van der Waals surface area (Å²) in [4.78, 5) is 10.5. The van der Waals surface area contributed by atoms with E-state index in [1.807, 2.05) is 11.8 Å². The predicted molar refractivity (Wildman–Crippen MR) is 78.9 cm³/mol. The Hall–Kier alpha value is -1.41. The third-order valence-electron chi connectivity index (χ3n) is 3.71. The van der Waals surface area contributed by atoms with Crippen LogP contribution in [0.2, 0.25) is 0 Å². The number of nitrogens with one attached hydrogen (secondary N) is 1. The van der Waals surface area contributed by atoms with Crippen molar-refractivity contribution >= 4 is 15.8 Å². The van der Waals surface area contributed by atoms with E-state index in [1.54, 1.807) is 12.4 Å². The molecule has 0 unspecified atom stereocenters. The van der Waals surface area contributed by atoms with Crippen LogP contribution in [0.25, 0.3) is 0 Å². The van der Waals surface area contributed by atoms with Crippen molar-refractivity contribution in [3.05, 3.63) is 12.4 Å². The summed E-state index contributed by atoms with van der Waals surface area (Å²) in [6, 6.07) is -0.0629. The van der Waals surface area contributed by atoms with Gasteiger partial charge in [0.15, 0.2) is 5.82 Å². The van der Waals surface area contributed by atoms with Crippen molar-refractivity contribution in [1.29, 1.82) is 0 Å². The van der Waals surface area contributed by atoms with Gasteiger partial charge in [0, 0.05) is 31.5 Å². The molecule has 2 aliphatic rings. The first-order valence-electron chi connectivity index (χ1n) is 7.30. The number of anilines is 1. The van der Waals surface area contributed by atoms with Crippen LogP contribution in [0.5, 0.6) is 5.88 Å². The largest absolute Gasteiger partial charge is 0.475 e. The number of nitrogens with zero attached hydrogens (tertiary/aromatic N) is 3. The van der Waals surface area contributed by atoms with Gasteiger partial charge in [0.2, 0.25) is 10.0 Å². The van der Waals surface area contributed by atoms with Crippen LogP contribution in [0.4, 0.5) is 5.82 Å². The fourth-order valence-corrected chi connectivity index (χ4v) is 4.14. The lowest BCUT2D eigenvalue weighted by Crippen LogP contribution is -2.39. The molecule has 1 saturated carbocycles. The summed E-state index contributed by atoms with van der Waals surface area (Å²) in [5.41, 5.74) is 0. The molecule has 0 amide bonds. The van der Waals surface area contributed by atoms with Crippen LogP contribution in [0, 0.1) is 0 Å². The molecule has 1 aliphatic heterocycles. The van der Waals surface area contributed by atoms with E-state index in [2.05, 4.69) is 14.7 Å². The second-order valence-corrected chi connectivity index (χ2v) is 7.40. The van der Waals surface area contributed by atoms with Crippen molar-refractivity contribution in [1.82, 2.24) is 14.7 Å². The molecular weight excluding hydrogens is 292 g/mol. The first kappa shape index (κ1) is 14.5. The van der Waals surface area contributed by atoms with Gasteiger partial charge in [0.25, 0.3) is 5.88 Å². The van der Waals surface area contributed by atoms with Crippen LogP contribution in [-0.2, 0) is 10.0 Å². The van der Waals surface area contributed by atoms with E-state index in [0.717, 1.165) is 25.8 Å². The van der Waals surface area contributed by atoms with Crippen LogP contribution in [-0.4, -0.2) is 49.4 Å². The molecule has 0 spiro atoms. The van der Waals surface area contributed by atoms with E-state index in [9.17, 15) is 8.42 Å². The number of aromatic nitrogens is 2. The molecule has 116 valence electrons. The van der Waals surface area contributed by atoms with Crippen molar-refractivity contribution in [3.63, 3.8) is 0 Å². The maximum Gasteiger partial charge on any atom is 0.257 e. The molecule has 1 aromatic heterocycles. The third kappa shape index (κ3) is 3.26. The summed E-state index contributed by atoms with van der Waals surface area (Å²) in [5.74, 6) is 1.19. The zero-order chi connectivity index (χ0) is 14.9. The Morgan fingerprint density at radius 3 is 2.81 bits per heavy atom. The highest BCUT2D eigenvalue weighted by molar-refractivity contribution is 7.90. The Kier molecular flexibility index (Phi) is 3.99. The second kappa shape index (κ2) is 5.76. The molecule has 7 nitrogen and oxygen atoms in total. The Labute approximate surface area is 124 Å². The molecule has 0 bridgehead atoms. The van der Waals surface area contributed by atoms with Crippen LogP contribution in [0.15, 0.2) is 12.4 Å². The molecule has 2 fully saturated rings. The standard InChI is InChI=1S/C13H20N4O3S/c1-2-20-13-12(14-6-7-15-13)17-8-5-10(9-17)16-21(18,19)11-3-4-11/h6-7,10-11,16H,2-5,8-9H2,1H3/t10-/m0/s1. The molecule has 1 atom stereocenters. The topological polar surface area (TPSA) is 84.4 Å². The molecule has 0 aromatic carbocycles. The monoisotopic (exact) mass is 312 g/mol. The summed E-state index contributed by atoms with van der Waals surface area (Å²) in [6.45, 7) is 3.77. The molecule has 1 N–H and O–H groups in total. The summed E-state index contributed by atoms with van der Waals surface area (Å²) in [5, 5.41) is -0.179. The normalized spacial score (nSPS) is 22.5. The summed E-state index contributed by atoms with van der Waals surface area (Å²) < 4.78 is 32.2. The molecular formula is C13H20N4O3S. The van der Waals surface area contributed by atoms with E-state index in [1.165, 1.54) is 0 Å². The third-order valence-corrected chi connectivity index (χ3v) is 5.72. The van der Waals surface area contributed by atoms with Gasteiger partial charge in [0.1, 0.15) is 0 Å². The predicted octanol–water partition coefficient (Wildman–Crippen LogP) is 0.536. The van der Waals surface area contributed by atoms with E-state index in [-0.39, 0.29) is 11.3 Å². The molecule has 1 aliphatic carbocycles. The van der Waals surface area contributed by atoms with Crippen LogP contribution >= 0.6 is 0 Å². The lowest BCUT2D eigenvalue weighted by atomic mass is 10.3. The summed E-state index contributed by atoms with van der Waals surface area (Å²) >= 11 is 0. The lowest BCUT2D eigenvalue weighted by Gasteiger charge is -2.19.